The highest BCUT2D eigenvalue weighted by Crippen LogP contribution is 2.23. The second kappa shape index (κ2) is 8.87. The lowest BCUT2D eigenvalue weighted by Gasteiger charge is -2.28. The van der Waals surface area contributed by atoms with Crippen molar-refractivity contribution >= 4 is 17.2 Å². The van der Waals surface area contributed by atoms with Gasteiger partial charge in [-0.25, -0.2) is 0 Å². The number of fused-ring (bicyclic) bond motifs is 1. The topological polar surface area (TPSA) is 42.0 Å². The van der Waals surface area contributed by atoms with Gasteiger partial charge in [0.15, 0.2) is 0 Å². The van der Waals surface area contributed by atoms with Gasteiger partial charge >= 0.3 is 0 Å². The summed E-state index contributed by atoms with van der Waals surface area (Å²) in [6.07, 6.45) is 2.30. The SMILES string of the molecule is O=C(CN1CCOc2ccccc2C1)N(Cc1ccsc1)CC1CCCO1. The summed E-state index contributed by atoms with van der Waals surface area (Å²) in [5, 5.41) is 4.18. The van der Waals surface area contributed by atoms with Gasteiger partial charge in [-0.05, 0) is 41.3 Å². The third kappa shape index (κ3) is 4.89. The van der Waals surface area contributed by atoms with Gasteiger partial charge in [0.25, 0.3) is 0 Å². The first kappa shape index (κ1) is 18.5. The number of thiophene rings is 1. The minimum absolute atomic E-state index is 0.163. The molecule has 0 aliphatic carbocycles. The number of nitrogens with zero attached hydrogens (tertiary/aromatic N) is 2. The summed E-state index contributed by atoms with van der Waals surface area (Å²) in [6, 6.07) is 10.2. The summed E-state index contributed by atoms with van der Waals surface area (Å²) < 4.78 is 11.6. The third-order valence-corrected chi connectivity index (χ3v) is 5.88. The largest absolute Gasteiger partial charge is 0.492 e. The molecule has 2 aliphatic heterocycles. The van der Waals surface area contributed by atoms with Crippen molar-refractivity contribution in [1.29, 1.82) is 0 Å². The molecular formula is C21H26N2O3S. The van der Waals surface area contributed by atoms with E-state index in [0.29, 0.717) is 26.2 Å². The van der Waals surface area contributed by atoms with Gasteiger partial charge in [-0.2, -0.15) is 11.3 Å². The van der Waals surface area contributed by atoms with E-state index >= 15 is 0 Å². The molecule has 1 aromatic heterocycles. The van der Waals surface area contributed by atoms with Crippen LogP contribution in [0.1, 0.15) is 24.0 Å². The molecular weight excluding hydrogens is 360 g/mol. The van der Waals surface area contributed by atoms with E-state index in [1.54, 1.807) is 11.3 Å². The standard InChI is InChI=1S/C21H26N2O3S/c24-21(15-22-8-10-26-20-6-2-1-4-18(20)13-22)23(12-17-7-11-27-16-17)14-19-5-3-9-25-19/h1-2,4,6-7,11,16,19H,3,5,8-10,12-15H2. The third-order valence-electron chi connectivity index (χ3n) is 5.14. The molecule has 1 fully saturated rings. The highest BCUT2D eigenvalue weighted by Gasteiger charge is 2.25. The smallest absolute Gasteiger partial charge is 0.237 e. The molecule has 5 nitrogen and oxygen atoms in total. The van der Waals surface area contributed by atoms with E-state index in [4.69, 9.17) is 9.47 Å². The van der Waals surface area contributed by atoms with E-state index in [9.17, 15) is 4.79 Å². The molecule has 1 atom stereocenters. The van der Waals surface area contributed by atoms with Gasteiger partial charge in [-0.3, -0.25) is 9.69 Å². The normalized spacial score (nSPS) is 19.9. The lowest BCUT2D eigenvalue weighted by Crippen LogP contribution is -2.43. The van der Waals surface area contributed by atoms with Crippen LogP contribution < -0.4 is 4.74 Å². The maximum absolute atomic E-state index is 13.1. The van der Waals surface area contributed by atoms with Crippen LogP contribution in [-0.4, -0.2) is 54.7 Å². The average molecular weight is 387 g/mol. The monoisotopic (exact) mass is 386 g/mol. The molecule has 1 amide bonds. The number of hydrogen-bond acceptors (Lipinski definition) is 5. The van der Waals surface area contributed by atoms with E-state index in [0.717, 1.165) is 43.9 Å². The molecule has 1 saturated heterocycles. The van der Waals surface area contributed by atoms with Gasteiger partial charge in [0, 0.05) is 38.3 Å². The number of carbonyl (C=O) groups is 1. The van der Waals surface area contributed by atoms with Gasteiger partial charge in [0.05, 0.1) is 12.6 Å². The molecule has 0 saturated carbocycles. The Kier molecular flexibility index (Phi) is 6.07. The van der Waals surface area contributed by atoms with Crippen LogP contribution >= 0.6 is 11.3 Å². The fourth-order valence-electron chi connectivity index (χ4n) is 3.70. The zero-order chi connectivity index (χ0) is 18.5. The number of amides is 1. The first-order valence-electron chi connectivity index (χ1n) is 9.61. The molecule has 0 spiro atoms. The van der Waals surface area contributed by atoms with Gasteiger partial charge in [0.1, 0.15) is 12.4 Å². The van der Waals surface area contributed by atoms with E-state index in [-0.39, 0.29) is 12.0 Å². The number of hydrogen-bond donors (Lipinski definition) is 0. The van der Waals surface area contributed by atoms with Crippen LogP contribution in [0.15, 0.2) is 41.1 Å². The molecule has 6 heteroatoms. The number of carbonyl (C=O) groups excluding carboxylic acids is 1. The summed E-state index contributed by atoms with van der Waals surface area (Å²) in [5.74, 6) is 1.10. The van der Waals surface area contributed by atoms with Crippen LogP contribution in [-0.2, 0) is 22.6 Å². The predicted molar refractivity (Wildman–Crippen MR) is 106 cm³/mol. The molecule has 3 heterocycles. The van der Waals surface area contributed by atoms with Crippen molar-refractivity contribution in [3.63, 3.8) is 0 Å². The molecule has 0 bridgehead atoms. The van der Waals surface area contributed by atoms with Crippen molar-refractivity contribution in [3.05, 3.63) is 52.2 Å². The Hall–Kier alpha value is -1.89. The van der Waals surface area contributed by atoms with Crippen molar-refractivity contribution in [3.8, 4) is 5.75 Å². The van der Waals surface area contributed by atoms with Crippen molar-refractivity contribution < 1.29 is 14.3 Å². The zero-order valence-corrected chi connectivity index (χ0v) is 16.3. The van der Waals surface area contributed by atoms with E-state index in [1.165, 1.54) is 5.56 Å². The Balaban J connectivity index is 1.42. The Bertz CT molecular complexity index is 744. The average Bonchev–Trinajstić information content (AvgIpc) is 3.33. The molecule has 144 valence electrons. The van der Waals surface area contributed by atoms with Crippen LogP contribution in [0.5, 0.6) is 5.75 Å². The second-order valence-corrected chi connectivity index (χ2v) is 7.99. The quantitative estimate of drug-likeness (QED) is 0.765. The highest BCUT2D eigenvalue weighted by atomic mass is 32.1. The molecule has 1 unspecified atom stereocenters. The number of para-hydroxylation sites is 1. The molecule has 1 aromatic carbocycles. The van der Waals surface area contributed by atoms with E-state index in [1.807, 2.05) is 23.1 Å². The number of benzene rings is 1. The second-order valence-electron chi connectivity index (χ2n) is 7.21. The Morgan fingerprint density at radius 3 is 3.00 bits per heavy atom. The number of rotatable bonds is 6. The van der Waals surface area contributed by atoms with Crippen LogP contribution in [0.2, 0.25) is 0 Å². The molecule has 0 radical (unpaired) electrons. The van der Waals surface area contributed by atoms with Crippen LogP contribution in [0, 0.1) is 0 Å². The highest BCUT2D eigenvalue weighted by molar-refractivity contribution is 7.07. The Morgan fingerprint density at radius 2 is 2.19 bits per heavy atom. The summed E-state index contributed by atoms with van der Waals surface area (Å²) >= 11 is 1.67. The van der Waals surface area contributed by atoms with Crippen molar-refractivity contribution in [2.24, 2.45) is 0 Å². The fraction of sp³-hybridized carbons (Fsp3) is 0.476. The minimum atomic E-state index is 0.163. The van der Waals surface area contributed by atoms with Crippen LogP contribution in [0.3, 0.4) is 0 Å². The first-order chi connectivity index (χ1) is 13.3. The van der Waals surface area contributed by atoms with E-state index in [2.05, 4.69) is 27.8 Å². The number of ether oxygens (including phenoxy) is 2. The van der Waals surface area contributed by atoms with Gasteiger partial charge in [-0.15, -0.1) is 0 Å². The van der Waals surface area contributed by atoms with Gasteiger partial charge in [0.2, 0.25) is 5.91 Å². The summed E-state index contributed by atoms with van der Waals surface area (Å²) in [4.78, 5) is 17.3. The fourth-order valence-corrected chi connectivity index (χ4v) is 4.36. The van der Waals surface area contributed by atoms with Gasteiger partial charge < -0.3 is 14.4 Å². The van der Waals surface area contributed by atoms with Crippen molar-refractivity contribution in [2.45, 2.75) is 32.0 Å². The zero-order valence-electron chi connectivity index (χ0n) is 15.5. The van der Waals surface area contributed by atoms with Gasteiger partial charge in [-0.1, -0.05) is 18.2 Å². The van der Waals surface area contributed by atoms with Crippen molar-refractivity contribution in [2.75, 3.05) is 32.8 Å². The summed E-state index contributed by atoms with van der Waals surface area (Å²) in [7, 11) is 0. The predicted octanol–water partition coefficient (Wildman–Crippen LogP) is 3.15. The lowest BCUT2D eigenvalue weighted by atomic mass is 10.2. The molecule has 0 N–H and O–H groups in total. The molecule has 2 aromatic rings. The molecule has 27 heavy (non-hydrogen) atoms. The lowest BCUT2D eigenvalue weighted by molar-refractivity contribution is -0.134. The summed E-state index contributed by atoms with van der Waals surface area (Å²) in [5.41, 5.74) is 2.34. The summed E-state index contributed by atoms with van der Waals surface area (Å²) in [6.45, 7) is 4.67. The van der Waals surface area contributed by atoms with Crippen molar-refractivity contribution in [1.82, 2.24) is 9.80 Å². The maximum Gasteiger partial charge on any atom is 0.237 e. The Morgan fingerprint density at radius 1 is 1.26 bits per heavy atom. The van der Waals surface area contributed by atoms with Crippen LogP contribution in [0.4, 0.5) is 0 Å². The maximum atomic E-state index is 13.1. The van der Waals surface area contributed by atoms with E-state index < -0.39 is 0 Å². The van der Waals surface area contributed by atoms with Crippen LogP contribution in [0.25, 0.3) is 0 Å². The Labute approximate surface area is 164 Å². The minimum Gasteiger partial charge on any atom is -0.492 e. The molecule has 2 aliphatic rings. The molecule has 4 rings (SSSR count). The first-order valence-corrected chi connectivity index (χ1v) is 10.6.